The fourth-order valence-electron chi connectivity index (χ4n) is 2.35. The Kier molecular flexibility index (Phi) is 5.70. The zero-order valence-electron chi connectivity index (χ0n) is 13.2. The van der Waals surface area contributed by atoms with Crippen LogP contribution in [0.25, 0.3) is 10.8 Å². The highest BCUT2D eigenvalue weighted by atomic mass is 32.2. The quantitative estimate of drug-likeness (QED) is 0.672. The maximum atomic E-state index is 12.5. The zero-order chi connectivity index (χ0) is 16.9. The average molecular weight is 335 g/mol. The summed E-state index contributed by atoms with van der Waals surface area (Å²) in [5, 5.41) is 6.98. The normalized spacial score (nSPS) is 11.6. The van der Waals surface area contributed by atoms with Gasteiger partial charge in [-0.3, -0.25) is 4.79 Å². The molecule has 124 valence electrons. The number of hydrogen-bond acceptors (Lipinski definition) is 4. The Morgan fingerprint density at radius 1 is 1.04 bits per heavy atom. The molecule has 0 bridgehead atoms. The number of hydrogen-bond donors (Lipinski definition) is 3. The first-order valence-corrected chi connectivity index (χ1v) is 8.87. The Morgan fingerprint density at radius 3 is 2.39 bits per heavy atom. The topological polar surface area (TPSA) is 87.3 Å². The molecule has 2 rings (SSSR count). The summed E-state index contributed by atoms with van der Waals surface area (Å²) in [5.41, 5.74) is 0.599. The van der Waals surface area contributed by atoms with Gasteiger partial charge in [-0.1, -0.05) is 24.3 Å². The minimum atomic E-state index is -3.60. The molecule has 0 atom stereocenters. The summed E-state index contributed by atoms with van der Waals surface area (Å²) < 4.78 is 27.7. The lowest BCUT2D eigenvalue weighted by atomic mass is 10.1. The molecule has 1 amide bonds. The molecule has 0 aromatic heterocycles. The minimum absolute atomic E-state index is 0.198. The number of carbonyl (C=O) groups excluding carboxylic acids is 1. The largest absolute Gasteiger partial charge is 0.326 e. The van der Waals surface area contributed by atoms with Gasteiger partial charge in [0.25, 0.3) is 0 Å². The number of anilines is 1. The fraction of sp³-hybridized carbons (Fsp3) is 0.312. The van der Waals surface area contributed by atoms with E-state index in [9.17, 15) is 13.2 Å². The number of amides is 1. The predicted octanol–water partition coefficient (Wildman–Crippen LogP) is 1.69. The van der Waals surface area contributed by atoms with Crippen LogP contribution in [-0.4, -0.2) is 34.5 Å². The van der Waals surface area contributed by atoms with Crippen molar-refractivity contribution in [1.82, 2.24) is 10.0 Å². The third-order valence-electron chi connectivity index (χ3n) is 3.38. The standard InChI is InChI=1S/C16H21N3O3S/c1-12(20)19-15-8-9-16(14-7-4-3-6-13(14)15)23(21,22)18-11-5-10-17-2/h3-4,6-9,17-18H,5,10-11H2,1-2H3,(H,19,20). The summed E-state index contributed by atoms with van der Waals surface area (Å²) in [6, 6.07) is 10.3. The van der Waals surface area contributed by atoms with Gasteiger partial charge in [0, 0.05) is 29.9 Å². The summed E-state index contributed by atoms with van der Waals surface area (Å²) >= 11 is 0. The van der Waals surface area contributed by atoms with E-state index in [2.05, 4.69) is 15.4 Å². The second kappa shape index (κ2) is 7.54. The molecule has 3 N–H and O–H groups in total. The van der Waals surface area contributed by atoms with Gasteiger partial charge >= 0.3 is 0 Å². The molecular formula is C16H21N3O3S. The van der Waals surface area contributed by atoms with Gasteiger partial charge < -0.3 is 10.6 Å². The van der Waals surface area contributed by atoms with Gasteiger partial charge in [-0.2, -0.15) is 0 Å². The van der Waals surface area contributed by atoms with Gasteiger partial charge in [-0.15, -0.1) is 0 Å². The van der Waals surface area contributed by atoms with Crippen molar-refractivity contribution < 1.29 is 13.2 Å². The lowest BCUT2D eigenvalue weighted by molar-refractivity contribution is -0.114. The van der Waals surface area contributed by atoms with E-state index in [1.54, 1.807) is 24.3 Å². The summed E-state index contributed by atoms with van der Waals surface area (Å²) in [4.78, 5) is 11.5. The SMILES string of the molecule is CNCCCNS(=O)(=O)c1ccc(NC(C)=O)c2ccccc12. The molecule has 0 spiro atoms. The van der Waals surface area contributed by atoms with Crippen LogP contribution in [0.5, 0.6) is 0 Å². The van der Waals surface area contributed by atoms with Crippen molar-refractivity contribution in [2.75, 3.05) is 25.5 Å². The number of carbonyl (C=O) groups is 1. The summed E-state index contributed by atoms with van der Waals surface area (Å²) in [7, 11) is -1.78. The highest BCUT2D eigenvalue weighted by Crippen LogP contribution is 2.29. The Bertz CT molecular complexity index is 803. The van der Waals surface area contributed by atoms with Crippen LogP contribution in [0.4, 0.5) is 5.69 Å². The molecule has 23 heavy (non-hydrogen) atoms. The second-order valence-corrected chi connectivity index (χ2v) is 6.93. The summed E-state index contributed by atoms with van der Waals surface area (Å²) in [5.74, 6) is -0.198. The number of rotatable bonds is 7. The Morgan fingerprint density at radius 2 is 1.74 bits per heavy atom. The highest BCUT2D eigenvalue weighted by molar-refractivity contribution is 7.89. The molecule has 7 heteroatoms. The zero-order valence-corrected chi connectivity index (χ0v) is 14.0. The maximum Gasteiger partial charge on any atom is 0.241 e. The van der Waals surface area contributed by atoms with Crippen molar-refractivity contribution in [3.63, 3.8) is 0 Å². The molecule has 6 nitrogen and oxygen atoms in total. The van der Waals surface area contributed by atoms with Gasteiger partial charge in [-0.05, 0) is 32.1 Å². The predicted molar refractivity (Wildman–Crippen MR) is 92.0 cm³/mol. The second-order valence-electron chi connectivity index (χ2n) is 5.19. The van der Waals surface area contributed by atoms with Crippen molar-refractivity contribution in [2.45, 2.75) is 18.2 Å². The molecule has 0 fully saturated rings. The highest BCUT2D eigenvalue weighted by Gasteiger charge is 2.18. The molecule has 0 aliphatic rings. The van der Waals surface area contributed by atoms with Crippen LogP contribution < -0.4 is 15.4 Å². The van der Waals surface area contributed by atoms with Crippen molar-refractivity contribution in [2.24, 2.45) is 0 Å². The third-order valence-corrected chi connectivity index (χ3v) is 4.90. The van der Waals surface area contributed by atoms with Crippen molar-refractivity contribution in [1.29, 1.82) is 0 Å². The van der Waals surface area contributed by atoms with Crippen LogP contribution >= 0.6 is 0 Å². The van der Waals surface area contributed by atoms with Crippen LogP contribution in [0.2, 0.25) is 0 Å². The molecule has 0 aliphatic carbocycles. The average Bonchev–Trinajstić information content (AvgIpc) is 2.51. The van der Waals surface area contributed by atoms with E-state index in [0.29, 0.717) is 29.4 Å². The summed E-state index contributed by atoms with van der Waals surface area (Å²) in [6.07, 6.45) is 0.706. The lowest BCUT2D eigenvalue weighted by Crippen LogP contribution is -2.27. The van der Waals surface area contributed by atoms with Gasteiger partial charge in [0.05, 0.1) is 4.90 Å². The van der Waals surface area contributed by atoms with E-state index >= 15 is 0 Å². The molecule has 0 radical (unpaired) electrons. The third kappa shape index (κ3) is 4.28. The first-order chi connectivity index (χ1) is 11.0. The van der Waals surface area contributed by atoms with Crippen molar-refractivity contribution in [3.05, 3.63) is 36.4 Å². The van der Waals surface area contributed by atoms with E-state index in [1.807, 2.05) is 13.1 Å². The lowest BCUT2D eigenvalue weighted by Gasteiger charge is -2.13. The Hall–Kier alpha value is -1.96. The Balaban J connectivity index is 2.40. The van der Waals surface area contributed by atoms with E-state index in [4.69, 9.17) is 0 Å². The van der Waals surface area contributed by atoms with E-state index in [1.165, 1.54) is 13.0 Å². The van der Waals surface area contributed by atoms with Crippen molar-refractivity contribution in [3.8, 4) is 0 Å². The van der Waals surface area contributed by atoms with Crippen LogP contribution in [0.3, 0.4) is 0 Å². The Labute approximate surface area is 136 Å². The number of sulfonamides is 1. The maximum absolute atomic E-state index is 12.5. The smallest absolute Gasteiger partial charge is 0.241 e. The summed E-state index contributed by atoms with van der Waals surface area (Å²) in [6.45, 7) is 2.53. The van der Waals surface area contributed by atoms with Crippen molar-refractivity contribution >= 4 is 32.4 Å². The van der Waals surface area contributed by atoms with Gasteiger partial charge in [0.15, 0.2) is 0 Å². The van der Waals surface area contributed by atoms with Crippen LogP contribution in [0.15, 0.2) is 41.3 Å². The molecule has 0 aliphatic heterocycles. The van der Waals surface area contributed by atoms with Gasteiger partial charge in [0.2, 0.25) is 15.9 Å². The van der Waals surface area contributed by atoms with Gasteiger partial charge in [0.1, 0.15) is 0 Å². The number of fused-ring (bicyclic) bond motifs is 1. The number of benzene rings is 2. The first-order valence-electron chi connectivity index (χ1n) is 7.39. The van der Waals surface area contributed by atoms with Crippen LogP contribution in [0.1, 0.15) is 13.3 Å². The minimum Gasteiger partial charge on any atom is -0.326 e. The fourth-order valence-corrected chi connectivity index (χ4v) is 3.64. The molecular weight excluding hydrogens is 314 g/mol. The molecule has 0 heterocycles. The van der Waals surface area contributed by atoms with Gasteiger partial charge in [-0.25, -0.2) is 13.1 Å². The molecule has 0 saturated carbocycles. The monoisotopic (exact) mass is 335 g/mol. The molecule has 2 aromatic rings. The van der Waals surface area contributed by atoms with Crippen LogP contribution in [-0.2, 0) is 14.8 Å². The van der Waals surface area contributed by atoms with E-state index in [-0.39, 0.29) is 10.8 Å². The van der Waals surface area contributed by atoms with E-state index < -0.39 is 10.0 Å². The molecule has 0 unspecified atom stereocenters. The molecule has 2 aromatic carbocycles. The molecule has 0 saturated heterocycles. The van der Waals surface area contributed by atoms with Crippen LogP contribution in [0, 0.1) is 0 Å². The number of nitrogens with one attached hydrogen (secondary N) is 3. The first kappa shape index (κ1) is 17.4. The van der Waals surface area contributed by atoms with E-state index in [0.717, 1.165) is 6.54 Å².